The predicted molar refractivity (Wildman–Crippen MR) is 37.3 cm³/mol. The van der Waals surface area contributed by atoms with Crippen LogP contribution < -0.4 is 0 Å². The predicted octanol–water partition coefficient (Wildman–Crippen LogP) is -0.253. The van der Waals surface area contributed by atoms with Gasteiger partial charge in [-0.15, -0.1) is 0 Å². The summed E-state index contributed by atoms with van der Waals surface area (Å²) in [5.41, 5.74) is 0. The van der Waals surface area contributed by atoms with E-state index in [9.17, 15) is 9.59 Å². The molecule has 5 nitrogen and oxygen atoms in total. The van der Waals surface area contributed by atoms with E-state index in [0.717, 1.165) is 0 Å². The van der Waals surface area contributed by atoms with Crippen molar-refractivity contribution in [3.05, 3.63) is 0 Å². The van der Waals surface area contributed by atoms with Crippen LogP contribution in [0.3, 0.4) is 0 Å². The first-order chi connectivity index (χ1) is 4.59. The Kier molecular flexibility index (Phi) is 6.47. The number of carboxylic acids is 2. The number of rotatable bonds is 4. The van der Waals surface area contributed by atoms with Crippen LogP contribution in [-0.2, 0) is 9.59 Å². The van der Waals surface area contributed by atoms with Crippen LogP contribution in [0.25, 0.3) is 0 Å². The Balaban J connectivity index is 0. The SMILES string of the molecule is CCCC(C(=O)O)C(=O)O.O. The number of carbonyl (C=O) groups is 2. The highest BCUT2D eigenvalue weighted by Gasteiger charge is 2.23. The molecule has 0 aromatic carbocycles. The van der Waals surface area contributed by atoms with Crippen LogP contribution in [0.2, 0.25) is 0 Å². The molecule has 5 heteroatoms. The maximum absolute atomic E-state index is 10.2. The van der Waals surface area contributed by atoms with Crippen molar-refractivity contribution >= 4 is 11.9 Å². The summed E-state index contributed by atoms with van der Waals surface area (Å²) in [7, 11) is 0. The molecule has 0 fully saturated rings. The maximum atomic E-state index is 10.2. The molecule has 0 aliphatic heterocycles. The lowest BCUT2D eigenvalue weighted by molar-refractivity contribution is -0.154. The Hall–Kier alpha value is -1.10. The molecule has 0 bridgehead atoms. The second-order valence-electron chi connectivity index (χ2n) is 2.02. The van der Waals surface area contributed by atoms with Crippen LogP contribution in [0.4, 0.5) is 0 Å². The Morgan fingerprint density at radius 2 is 1.64 bits per heavy atom. The van der Waals surface area contributed by atoms with Crippen LogP contribution >= 0.6 is 0 Å². The van der Waals surface area contributed by atoms with Crippen LogP contribution in [-0.4, -0.2) is 27.6 Å². The van der Waals surface area contributed by atoms with Gasteiger partial charge in [0.1, 0.15) is 0 Å². The minimum absolute atomic E-state index is 0. The van der Waals surface area contributed by atoms with Crippen molar-refractivity contribution in [2.75, 3.05) is 0 Å². The Labute approximate surface area is 64.0 Å². The van der Waals surface area contributed by atoms with Gasteiger partial charge < -0.3 is 15.7 Å². The molecule has 0 rings (SSSR count). The highest BCUT2D eigenvalue weighted by atomic mass is 16.4. The maximum Gasteiger partial charge on any atom is 0.317 e. The summed E-state index contributed by atoms with van der Waals surface area (Å²) in [5.74, 6) is -3.74. The van der Waals surface area contributed by atoms with E-state index in [1.807, 2.05) is 0 Å². The third-order valence-electron chi connectivity index (χ3n) is 1.17. The van der Waals surface area contributed by atoms with Gasteiger partial charge in [0.15, 0.2) is 5.92 Å². The molecule has 0 heterocycles. The zero-order chi connectivity index (χ0) is 8.15. The summed E-state index contributed by atoms with van der Waals surface area (Å²) in [6.07, 6.45) is 0.772. The monoisotopic (exact) mass is 164 g/mol. The first-order valence-corrected chi connectivity index (χ1v) is 3.05. The fourth-order valence-corrected chi connectivity index (χ4v) is 0.641. The number of aliphatic carboxylic acids is 2. The molecule has 66 valence electrons. The van der Waals surface area contributed by atoms with Gasteiger partial charge in [0.2, 0.25) is 0 Å². The third kappa shape index (κ3) is 4.32. The van der Waals surface area contributed by atoms with Gasteiger partial charge in [-0.2, -0.15) is 0 Å². The molecule has 0 radical (unpaired) electrons. The normalized spacial score (nSPS) is 8.91. The summed E-state index contributed by atoms with van der Waals surface area (Å²) in [6.45, 7) is 1.75. The first-order valence-electron chi connectivity index (χ1n) is 3.05. The molecule has 0 amide bonds. The third-order valence-corrected chi connectivity index (χ3v) is 1.17. The molecule has 0 atom stereocenters. The van der Waals surface area contributed by atoms with Gasteiger partial charge in [-0.1, -0.05) is 13.3 Å². The van der Waals surface area contributed by atoms with Crippen molar-refractivity contribution < 1.29 is 25.3 Å². The Bertz CT molecular complexity index is 128. The fourth-order valence-electron chi connectivity index (χ4n) is 0.641. The number of hydrogen-bond donors (Lipinski definition) is 2. The summed E-state index contributed by atoms with van der Waals surface area (Å²) >= 11 is 0. The summed E-state index contributed by atoms with van der Waals surface area (Å²) < 4.78 is 0. The van der Waals surface area contributed by atoms with Gasteiger partial charge >= 0.3 is 11.9 Å². The van der Waals surface area contributed by atoms with E-state index < -0.39 is 17.9 Å². The molecule has 0 aliphatic carbocycles. The van der Waals surface area contributed by atoms with Crippen molar-refractivity contribution in [2.45, 2.75) is 19.8 Å². The highest BCUT2D eigenvalue weighted by Crippen LogP contribution is 2.05. The van der Waals surface area contributed by atoms with Crippen LogP contribution in [0.15, 0.2) is 0 Å². The molecular weight excluding hydrogens is 152 g/mol. The van der Waals surface area contributed by atoms with Crippen molar-refractivity contribution in [1.29, 1.82) is 0 Å². The lowest BCUT2D eigenvalue weighted by Gasteiger charge is -2.02. The van der Waals surface area contributed by atoms with E-state index >= 15 is 0 Å². The van der Waals surface area contributed by atoms with E-state index in [0.29, 0.717) is 6.42 Å². The topological polar surface area (TPSA) is 106 Å². The van der Waals surface area contributed by atoms with Crippen molar-refractivity contribution in [2.24, 2.45) is 5.92 Å². The number of hydrogen-bond acceptors (Lipinski definition) is 2. The quantitative estimate of drug-likeness (QED) is 0.558. The largest absolute Gasteiger partial charge is 0.481 e. The second-order valence-corrected chi connectivity index (χ2v) is 2.02. The summed E-state index contributed by atoms with van der Waals surface area (Å²) in [6, 6.07) is 0. The fraction of sp³-hybridized carbons (Fsp3) is 0.667. The van der Waals surface area contributed by atoms with E-state index in [-0.39, 0.29) is 11.9 Å². The molecule has 0 unspecified atom stereocenters. The second kappa shape index (κ2) is 5.67. The zero-order valence-corrected chi connectivity index (χ0v) is 6.20. The standard InChI is InChI=1S/C6H10O4.H2O/c1-2-3-4(5(7)8)6(9)10;/h4H,2-3H2,1H3,(H,7,8)(H,9,10);1H2. The van der Waals surface area contributed by atoms with Gasteiger partial charge in [0, 0.05) is 0 Å². The summed E-state index contributed by atoms with van der Waals surface area (Å²) in [5, 5.41) is 16.6. The lowest BCUT2D eigenvalue weighted by Crippen LogP contribution is -2.22. The van der Waals surface area contributed by atoms with Crippen molar-refractivity contribution in [3.8, 4) is 0 Å². The molecule has 0 aromatic rings. The van der Waals surface area contributed by atoms with Gasteiger partial charge in [-0.3, -0.25) is 9.59 Å². The van der Waals surface area contributed by atoms with Gasteiger partial charge in [-0.25, -0.2) is 0 Å². The van der Waals surface area contributed by atoms with E-state index in [2.05, 4.69) is 0 Å². The minimum atomic E-state index is -1.26. The van der Waals surface area contributed by atoms with Gasteiger partial charge in [-0.05, 0) is 6.42 Å². The molecule has 0 spiro atoms. The van der Waals surface area contributed by atoms with Gasteiger partial charge in [0.05, 0.1) is 0 Å². The lowest BCUT2D eigenvalue weighted by atomic mass is 10.1. The average molecular weight is 164 g/mol. The smallest absolute Gasteiger partial charge is 0.317 e. The van der Waals surface area contributed by atoms with Crippen molar-refractivity contribution in [3.63, 3.8) is 0 Å². The van der Waals surface area contributed by atoms with E-state index in [1.165, 1.54) is 0 Å². The van der Waals surface area contributed by atoms with Crippen molar-refractivity contribution in [1.82, 2.24) is 0 Å². The van der Waals surface area contributed by atoms with Crippen LogP contribution in [0.5, 0.6) is 0 Å². The van der Waals surface area contributed by atoms with Crippen LogP contribution in [0, 0.1) is 5.92 Å². The molecule has 0 saturated carbocycles. The Morgan fingerprint density at radius 3 is 1.73 bits per heavy atom. The molecule has 0 saturated heterocycles. The molecule has 0 aromatic heterocycles. The number of carboxylic acid groups (broad SMARTS) is 2. The van der Waals surface area contributed by atoms with E-state index in [4.69, 9.17) is 10.2 Å². The van der Waals surface area contributed by atoms with Gasteiger partial charge in [0.25, 0.3) is 0 Å². The molecule has 11 heavy (non-hydrogen) atoms. The van der Waals surface area contributed by atoms with E-state index in [1.54, 1.807) is 6.92 Å². The molecule has 4 N–H and O–H groups in total. The first kappa shape index (κ1) is 12.6. The van der Waals surface area contributed by atoms with Crippen LogP contribution in [0.1, 0.15) is 19.8 Å². The molecular formula is C6H12O5. The molecule has 0 aliphatic rings. The zero-order valence-electron chi connectivity index (χ0n) is 6.20. The summed E-state index contributed by atoms with van der Waals surface area (Å²) in [4.78, 5) is 20.3. The minimum Gasteiger partial charge on any atom is -0.481 e. The Morgan fingerprint density at radius 1 is 1.27 bits per heavy atom. The average Bonchev–Trinajstić information content (AvgIpc) is 1.81. The highest BCUT2D eigenvalue weighted by molar-refractivity contribution is 5.92.